The Morgan fingerprint density at radius 1 is 1.21 bits per heavy atom. The third-order valence-electron chi connectivity index (χ3n) is 2.60. The highest BCUT2D eigenvalue weighted by Crippen LogP contribution is 2.14. The Balaban J connectivity index is 2.93. The first-order chi connectivity index (χ1) is 8.77. The van der Waals surface area contributed by atoms with Gasteiger partial charge in [-0.15, -0.1) is 0 Å². The molecule has 1 aromatic rings. The van der Waals surface area contributed by atoms with E-state index in [1.807, 2.05) is 0 Å². The van der Waals surface area contributed by atoms with Crippen LogP contribution in [0.15, 0.2) is 29.2 Å². The molecule has 0 fully saturated rings. The highest BCUT2D eigenvalue weighted by atomic mass is 32.2. The van der Waals surface area contributed by atoms with Crippen molar-refractivity contribution >= 4 is 21.6 Å². The van der Waals surface area contributed by atoms with Crippen LogP contribution in [0, 0.1) is 5.92 Å². The van der Waals surface area contributed by atoms with Crippen molar-refractivity contribution in [1.82, 2.24) is 0 Å². The van der Waals surface area contributed by atoms with E-state index in [-0.39, 0.29) is 17.1 Å². The fraction of sp³-hybridized carbons (Fsp3) is 0.385. The van der Waals surface area contributed by atoms with Gasteiger partial charge in [-0.05, 0) is 26.0 Å². The standard InChI is InChI=1S/C13H16O5S/c1-4-18-13(15)9(2)12(14)10-5-7-11(8-6-10)19(3,16)17/h5-9H,4H2,1-3H3. The molecule has 5 nitrogen and oxygen atoms in total. The molecule has 1 atom stereocenters. The van der Waals surface area contributed by atoms with Gasteiger partial charge in [0.15, 0.2) is 15.6 Å². The van der Waals surface area contributed by atoms with Gasteiger partial charge < -0.3 is 4.74 Å². The van der Waals surface area contributed by atoms with Crippen LogP contribution in [-0.4, -0.2) is 33.0 Å². The van der Waals surface area contributed by atoms with Crippen LogP contribution in [0.4, 0.5) is 0 Å². The molecule has 0 aliphatic rings. The number of sulfone groups is 1. The van der Waals surface area contributed by atoms with Gasteiger partial charge in [0.25, 0.3) is 0 Å². The second-order valence-electron chi connectivity index (χ2n) is 4.13. The molecule has 1 rings (SSSR count). The number of Topliss-reactive ketones (excluding diaryl/α,β-unsaturated/α-hetero) is 1. The summed E-state index contributed by atoms with van der Waals surface area (Å²) < 4.78 is 27.3. The maximum atomic E-state index is 12.0. The first kappa shape index (κ1) is 15.4. The number of rotatable bonds is 5. The van der Waals surface area contributed by atoms with Crippen molar-refractivity contribution in [2.75, 3.05) is 12.9 Å². The highest BCUT2D eigenvalue weighted by molar-refractivity contribution is 7.90. The molecule has 0 saturated carbocycles. The second-order valence-corrected chi connectivity index (χ2v) is 6.15. The molecule has 0 bridgehead atoms. The molecule has 0 N–H and O–H groups in total. The lowest BCUT2D eigenvalue weighted by Gasteiger charge is -2.09. The summed E-state index contributed by atoms with van der Waals surface area (Å²) in [4.78, 5) is 23.5. The van der Waals surface area contributed by atoms with E-state index in [1.165, 1.54) is 31.2 Å². The summed E-state index contributed by atoms with van der Waals surface area (Å²) >= 11 is 0. The van der Waals surface area contributed by atoms with Crippen LogP contribution < -0.4 is 0 Å². The summed E-state index contributed by atoms with van der Waals surface area (Å²) in [5.74, 6) is -1.87. The first-order valence-corrected chi connectivity index (χ1v) is 7.67. The third-order valence-corrected chi connectivity index (χ3v) is 3.73. The number of ketones is 1. The van der Waals surface area contributed by atoms with Gasteiger partial charge in [-0.25, -0.2) is 8.42 Å². The average Bonchev–Trinajstić information content (AvgIpc) is 2.36. The zero-order chi connectivity index (χ0) is 14.6. The number of carbonyl (C=O) groups excluding carboxylic acids is 2. The van der Waals surface area contributed by atoms with Crippen molar-refractivity contribution in [2.45, 2.75) is 18.7 Å². The molecule has 0 radical (unpaired) electrons. The second kappa shape index (κ2) is 5.97. The van der Waals surface area contributed by atoms with Gasteiger partial charge in [0.2, 0.25) is 0 Å². The topological polar surface area (TPSA) is 77.5 Å². The van der Waals surface area contributed by atoms with E-state index in [1.54, 1.807) is 6.92 Å². The SMILES string of the molecule is CCOC(=O)C(C)C(=O)c1ccc(S(C)(=O)=O)cc1. The van der Waals surface area contributed by atoms with Gasteiger partial charge in [-0.3, -0.25) is 9.59 Å². The number of carbonyl (C=O) groups is 2. The Morgan fingerprint density at radius 2 is 1.74 bits per heavy atom. The quantitative estimate of drug-likeness (QED) is 0.465. The minimum Gasteiger partial charge on any atom is -0.465 e. The van der Waals surface area contributed by atoms with E-state index in [9.17, 15) is 18.0 Å². The van der Waals surface area contributed by atoms with Crippen LogP contribution in [0.1, 0.15) is 24.2 Å². The fourth-order valence-electron chi connectivity index (χ4n) is 1.49. The lowest BCUT2D eigenvalue weighted by Crippen LogP contribution is -2.23. The van der Waals surface area contributed by atoms with Gasteiger partial charge in [0.05, 0.1) is 11.5 Å². The van der Waals surface area contributed by atoms with Crippen LogP contribution in [0.5, 0.6) is 0 Å². The lowest BCUT2D eigenvalue weighted by atomic mass is 10.00. The van der Waals surface area contributed by atoms with E-state index in [4.69, 9.17) is 4.74 Å². The monoisotopic (exact) mass is 284 g/mol. The van der Waals surface area contributed by atoms with Crippen molar-refractivity contribution in [3.8, 4) is 0 Å². The predicted octanol–water partition coefficient (Wildman–Crippen LogP) is 1.47. The van der Waals surface area contributed by atoms with Gasteiger partial charge >= 0.3 is 5.97 Å². The van der Waals surface area contributed by atoms with Gasteiger partial charge in [0.1, 0.15) is 5.92 Å². The molecule has 0 amide bonds. The fourth-order valence-corrected chi connectivity index (χ4v) is 2.12. The number of hydrogen-bond donors (Lipinski definition) is 0. The van der Waals surface area contributed by atoms with Crippen molar-refractivity contribution in [1.29, 1.82) is 0 Å². The number of hydrogen-bond acceptors (Lipinski definition) is 5. The van der Waals surface area contributed by atoms with E-state index in [0.29, 0.717) is 0 Å². The number of benzene rings is 1. The zero-order valence-electron chi connectivity index (χ0n) is 11.0. The molecule has 1 aromatic carbocycles. The summed E-state index contributed by atoms with van der Waals surface area (Å²) in [6, 6.07) is 5.49. The van der Waals surface area contributed by atoms with Gasteiger partial charge in [-0.1, -0.05) is 12.1 Å². The molecule has 0 heterocycles. The Labute approximate surface area is 112 Å². The molecule has 6 heteroatoms. The Kier molecular flexibility index (Phi) is 4.83. The van der Waals surface area contributed by atoms with Crippen LogP contribution in [0.3, 0.4) is 0 Å². The zero-order valence-corrected chi connectivity index (χ0v) is 11.9. The molecule has 1 unspecified atom stereocenters. The smallest absolute Gasteiger partial charge is 0.316 e. The van der Waals surface area contributed by atoms with Crippen molar-refractivity contribution < 1.29 is 22.7 Å². The summed E-state index contributed by atoms with van der Waals surface area (Å²) in [7, 11) is -3.29. The molecular formula is C13H16O5S. The van der Waals surface area contributed by atoms with Crippen molar-refractivity contribution in [3.63, 3.8) is 0 Å². The minimum atomic E-state index is -3.29. The normalized spacial score (nSPS) is 12.8. The molecule has 0 aromatic heterocycles. The minimum absolute atomic E-state index is 0.132. The molecule has 19 heavy (non-hydrogen) atoms. The summed E-state index contributed by atoms with van der Waals surface area (Å²) in [6.45, 7) is 3.34. The molecule has 0 spiro atoms. The Morgan fingerprint density at radius 3 is 2.16 bits per heavy atom. The maximum absolute atomic E-state index is 12.0. The first-order valence-electron chi connectivity index (χ1n) is 5.78. The van der Waals surface area contributed by atoms with Gasteiger partial charge in [-0.2, -0.15) is 0 Å². The van der Waals surface area contributed by atoms with Gasteiger partial charge in [0, 0.05) is 11.8 Å². The van der Waals surface area contributed by atoms with Crippen LogP contribution >= 0.6 is 0 Å². The largest absolute Gasteiger partial charge is 0.465 e. The molecule has 104 valence electrons. The molecule has 0 aliphatic heterocycles. The third kappa shape index (κ3) is 3.89. The Bertz CT molecular complexity index is 572. The lowest BCUT2D eigenvalue weighted by molar-refractivity contribution is -0.145. The average molecular weight is 284 g/mol. The van der Waals surface area contributed by atoms with E-state index < -0.39 is 27.5 Å². The molecule has 0 saturated heterocycles. The van der Waals surface area contributed by atoms with E-state index >= 15 is 0 Å². The highest BCUT2D eigenvalue weighted by Gasteiger charge is 2.24. The van der Waals surface area contributed by atoms with Crippen molar-refractivity contribution in [3.05, 3.63) is 29.8 Å². The van der Waals surface area contributed by atoms with Crippen molar-refractivity contribution in [2.24, 2.45) is 5.92 Å². The van der Waals surface area contributed by atoms with Crippen LogP contribution in [-0.2, 0) is 19.4 Å². The molecule has 0 aliphatic carbocycles. The molecular weight excluding hydrogens is 268 g/mol. The van der Waals surface area contributed by atoms with E-state index in [0.717, 1.165) is 6.26 Å². The Hall–Kier alpha value is -1.69. The summed E-state index contributed by atoms with van der Waals surface area (Å²) in [6.07, 6.45) is 1.09. The number of ether oxygens (including phenoxy) is 1. The summed E-state index contributed by atoms with van der Waals surface area (Å²) in [5.41, 5.74) is 0.285. The maximum Gasteiger partial charge on any atom is 0.316 e. The van der Waals surface area contributed by atoms with Crippen LogP contribution in [0.2, 0.25) is 0 Å². The number of esters is 1. The van der Waals surface area contributed by atoms with E-state index in [2.05, 4.69) is 0 Å². The summed E-state index contributed by atoms with van der Waals surface area (Å²) in [5, 5.41) is 0. The van der Waals surface area contributed by atoms with Crippen LogP contribution in [0.25, 0.3) is 0 Å². The predicted molar refractivity (Wildman–Crippen MR) is 69.7 cm³/mol.